The van der Waals surface area contributed by atoms with E-state index in [2.05, 4.69) is 4.90 Å². The smallest absolute Gasteiger partial charge is 0.243 e. The van der Waals surface area contributed by atoms with Crippen LogP contribution in [0.4, 0.5) is 4.39 Å². The molecule has 104 valence electrons. The summed E-state index contributed by atoms with van der Waals surface area (Å²) in [6.07, 6.45) is 2.48. The zero-order valence-electron chi connectivity index (χ0n) is 10.6. The molecule has 3 rings (SSSR count). The lowest BCUT2D eigenvalue weighted by Gasteiger charge is -2.34. The number of benzene rings is 1. The van der Waals surface area contributed by atoms with Crippen molar-refractivity contribution in [2.24, 2.45) is 0 Å². The summed E-state index contributed by atoms with van der Waals surface area (Å²) in [7, 11) is -3.47. The highest BCUT2D eigenvalue weighted by Crippen LogP contribution is 2.28. The van der Waals surface area contributed by atoms with Gasteiger partial charge in [0.05, 0.1) is 4.90 Å². The average molecular weight is 284 g/mol. The summed E-state index contributed by atoms with van der Waals surface area (Å²) >= 11 is 0. The molecular formula is C13H17FN2O2S. The number of piperazine rings is 1. The van der Waals surface area contributed by atoms with Gasteiger partial charge in [-0.1, -0.05) is 0 Å². The summed E-state index contributed by atoms with van der Waals surface area (Å²) < 4.78 is 39.1. The van der Waals surface area contributed by atoms with E-state index in [4.69, 9.17) is 0 Å². The number of halogens is 1. The van der Waals surface area contributed by atoms with Crippen molar-refractivity contribution in [2.75, 3.05) is 26.2 Å². The van der Waals surface area contributed by atoms with Crippen LogP contribution >= 0.6 is 0 Å². The third-order valence-electron chi connectivity index (χ3n) is 3.79. The zero-order valence-corrected chi connectivity index (χ0v) is 11.4. The summed E-state index contributed by atoms with van der Waals surface area (Å²) in [6.45, 7) is 2.64. The molecule has 1 aromatic carbocycles. The third-order valence-corrected chi connectivity index (χ3v) is 5.70. The summed E-state index contributed by atoms with van der Waals surface area (Å²) in [5.41, 5.74) is 0. The van der Waals surface area contributed by atoms with Gasteiger partial charge in [-0.05, 0) is 37.1 Å². The Morgan fingerprint density at radius 3 is 2.11 bits per heavy atom. The van der Waals surface area contributed by atoms with E-state index in [0.29, 0.717) is 19.1 Å². The van der Waals surface area contributed by atoms with Crippen LogP contribution in [0, 0.1) is 5.82 Å². The van der Waals surface area contributed by atoms with Gasteiger partial charge in [-0.3, -0.25) is 4.90 Å². The predicted molar refractivity (Wildman–Crippen MR) is 69.8 cm³/mol. The van der Waals surface area contributed by atoms with Crippen molar-refractivity contribution >= 4 is 10.0 Å². The molecule has 1 saturated heterocycles. The fraction of sp³-hybridized carbons (Fsp3) is 0.538. The monoisotopic (exact) mass is 284 g/mol. The van der Waals surface area contributed by atoms with E-state index in [1.165, 1.54) is 41.4 Å². The van der Waals surface area contributed by atoms with Crippen LogP contribution in [-0.2, 0) is 10.0 Å². The number of hydrogen-bond donors (Lipinski definition) is 0. The molecule has 4 nitrogen and oxygen atoms in total. The molecule has 1 saturated carbocycles. The maximum Gasteiger partial charge on any atom is 0.243 e. The first kappa shape index (κ1) is 13.0. The molecule has 1 aliphatic carbocycles. The van der Waals surface area contributed by atoms with Crippen LogP contribution in [0.2, 0.25) is 0 Å². The second-order valence-corrected chi connectivity index (χ2v) is 7.06. The zero-order chi connectivity index (χ0) is 13.5. The van der Waals surface area contributed by atoms with E-state index in [1.807, 2.05) is 0 Å². The van der Waals surface area contributed by atoms with Crippen LogP contribution in [0.15, 0.2) is 29.2 Å². The van der Waals surface area contributed by atoms with Gasteiger partial charge < -0.3 is 0 Å². The Morgan fingerprint density at radius 1 is 1.00 bits per heavy atom. The van der Waals surface area contributed by atoms with E-state index in [1.54, 1.807) is 0 Å². The quantitative estimate of drug-likeness (QED) is 0.840. The van der Waals surface area contributed by atoms with Crippen LogP contribution in [0.5, 0.6) is 0 Å². The van der Waals surface area contributed by atoms with Crippen molar-refractivity contribution in [3.63, 3.8) is 0 Å². The van der Waals surface area contributed by atoms with Gasteiger partial charge in [0, 0.05) is 32.2 Å². The fourth-order valence-corrected chi connectivity index (χ4v) is 3.93. The Hall–Kier alpha value is -0.980. The molecule has 0 amide bonds. The number of nitrogens with zero attached hydrogens (tertiary/aromatic N) is 2. The van der Waals surface area contributed by atoms with Crippen molar-refractivity contribution in [1.29, 1.82) is 0 Å². The van der Waals surface area contributed by atoms with Gasteiger partial charge in [0.1, 0.15) is 5.82 Å². The van der Waals surface area contributed by atoms with Crippen LogP contribution in [0.25, 0.3) is 0 Å². The summed E-state index contributed by atoms with van der Waals surface area (Å²) in [4.78, 5) is 2.53. The molecule has 0 unspecified atom stereocenters. The maximum atomic E-state index is 12.8. The van der Waals surface area contributed by atoms with E-state index in [-0.39, 0.29) is 4.90 Å². The third kappa shape index (κ3) is 2.66. The Labute approximate surface area is 112 Å². The molecular weight excluding hydrogens is 267 g/mol. The summed E-state index contributed by atoms with van der Waals surface area (Å²) in [5.74, 6) is -0.419. The number of rotatable bonds is 3. The Kier molecular flexibility index (Phi) is 3.32. The highest BCUT2D eigenvalue weighted by Gasteiger charge is 2.34. The van der Waals surface area contributed by atoms with Gasteiger partial charge in [0.15, 0.2) is 0 Å². The minimum atomic E-state index is -3.47. The molecule has 0 atom stereocenters. The molecule has 0 spiro atoms. The molecule has 6 heteroatoms. The van der Waals surface area contributed by atoms with Crippen molar-refractivity contribution < 1.29 is 12.8 Å². The molecule has 1 aliphatic heterocycles. The van der Waals surface area contributed by atoms with Crippen molar-refractivity contribution in [3.05, 3.63) is 30.1 Å². The molecule has 19 heavy (non-hydrogen) atoms. The van der Waals surface area contributed by atoms with Gasteiger partial charge in [-0.25, -0.2) is 12.8 Å². The Balaban J connectivity index is 1.72. The minimum absolute atomic E-state index is 0.175. The normalized spacial score (nSPS) is 22.6. The lowest BCUT2D eigenvalue weighted by Crippen LogP contribution is -2.49. The summed E-state index contributed by atoms with van der Waals surface area (Å²) in [6, 6.07) is 5.71. The molecule has 2 fully saturated rings. The average Bonchev–Trinajstić information content (AvgIpc) is 3.24. The number of hydrogen-bond acceptors (Lipinski definition) is 3. The van der Waals surface area contributed by atoms with Crippen molar-refractivity contribution in [2.45, 2.75) is 23.8 Å². The standard InChI is InChI=1S/C13H17FN2O2S/c14-11-1-5-13(6-2-11)19(17,18)16-9-7-15(8-10-16)12-3-4-12/h1-2,5-6,12H,3-4,7-10H2. The lowest BCUT2D eigenvalue weighted by molar-refractivity contribution is 0.180. The van der Waals surface area contributed by atoms with Crippen molar-refractivity contribution in [1.82, 2.24) is 9.21 Å². The lowest BCUT2D eigenvalue weighted by atomic mass is 10.3. The topological polar surface area (TPSA) is 40.6 Å². The highest BCUT2D eigenvalue weighted by molar-refractivity contribution is 7.89. The SMILES string of the molecule is O=S(=O)(c1ccc(F)cc1)N1CCN(C2CC2)CC1. The van der Waals surface area contributed by atoms with Gasteiger partial charge in [0.2, 0.25) is 10.0 Å². The molecule has 1 aromatic rings. The molecule has 0 N–H and O–H groups in total. The van der Waals surface area contributed by atoms with E-state index in [0.717, 1.165) is 13.1 Å². The molecule has 0 bridgehead atoms. The number of sulfonamides is 1. The van der Waals surface area contributed by atoms with Gasteiger partial charge >= 0.3 is 0 Å². The molecule has 2 aliphatic rings. The highest BCUT2D eigenvalue weighted by atomic mass is 32.2. The largest absolute Gasteiger partial charge is 0.298 e. The minimum Gasteiger partial charge on any atom is -0.298 e. The first-order valence-electron chi connectivity index (χ1n) is 6.57. The van der Waals surface area contributed by atoms with E-state index < -0.39 is 15.8 Å². The Morgan fingerprint density at radius 2 is 1.58 bits per heavy atom. The fourth-order valence-electron chi connectivity index (χ4n) is 2.50. The van der Waals surface area contributed by atoms with Crippen LogP contribution in [0.1, 0.15) is 12.8 Å². The van der Waals surface area contributed by atoms with E-state index >= 15 is 0 Å². The van der Waals surface area contributed by atoms with E-state index in [9.17, 15) is 12.8 Å². The van der Waals surface area contributed by atoms with Gasteiger partial charge in [-0.15, -0.1) is 0 Å². The van der Waals surface area contributed by atoms with Crippen molar-refractivity contribution in [3.8, 4) is 0 Å². The van der Waals surface area contributed by atoms with Gasteiger partial charge in [0.25, 0.3) is 0 Å². The van der Waals surface area contributed by atoms with Gasteiger partial charge in [-0.2, -0.15) is 4.31 Å². The van der Waals surface area contributed by atoms with Crippen LogP contribution < -0.4 is 0 Å². The second-order valence-electron chi connectivity index (χ2n) is 5.13. The first-order valence-corrected chi connectivity index (χ1v) is 8.01. The predicted octanol–water partition coefficient (Wildman–Crippen LogP) is 1.29. The molecule has 0 radical (unpaired) electrons. The maximum absolute atomic E-state index is 12.8. The molecule has 0 aromatic heterocycles. The summed E-state index contributed by atoms with van der Waals surface area (Å²) in [5, 5.41) is 0. The first-order chi connectivity index (χ1) is 9.07. The Bertz CT molecular complexity index is 547. The van der Waals surface area contributed by atoms with Crippen LogP contribution in [0.3, 0.4) is 0 Å². The molecule has 1 heterocycles. The van der Waals surface area contributed by atoms with Crippen LogP contribution in [-0.4, -0.2) is 49.8 Å². The second kappa shape index (κ2) is 4.85.